The van der Waals surface area contributed by atoms with Crippen LogP contribution in [0.4, 0.5) is 11.5 Å². The van der Waals surface area contributed by atoms with Gasteiger partial charge in [-0.2, -0.15) is 14.6 Å². The third kappa shape index (κ3) is 2.11. The lowest BCUT2D eigenvalue weighted by Gasteiger charge is -2.20. The molecular formula is C12H9Cl2N5. The molecule has 0 amide bonds. The van der Waals surface area contributed by atoms with Gasteiger partial charge in [0.25, 0.3) is 5.78 Å². The highest BCUT2D eigenvalue weighted by molar-refractivity contribution is 6.42. The molecule has 0 bridgehead atoms. The van der Waals surface area contributed by atoms with Crippen molar-refractivity contribution in [1.82, 2.24) is 19.6 Å². The molecule has 0 fully saturated rings. The van der Waals surface area contributed by atoms with Gasteiger partial charge in [-0.25, -0.2) is 4.98 Å². The van der Waals surface area contributed by atoms with Gasteiger partial charge in [0.05, 0.1) is 10.0 Å². The van der Waals surface area contributed by atoms with Crippen molar-refractivity contribution in [2.75, 3.05) is 11.9 Å². The van der Waals surface area contributed by atoms with E-state index in [9.17, 15) is 0 Å². The van der Waals surface area contributed by atoms with E-state index >= 15 is 0 Å². The Hall–Kier alpha value is -1.85. The fourth-order valence-electron chi connectivity index (χ4n) is 1.81. The van der Waals surface area contributed by atoms with Gasteiger partial charge < -0.3 is 4.90 Å². The zero-order valence-electron chi connectivity index (χ0n) is 9.96. The number of benzene rings is 1. The summed E-state index contributed by atoms with van der Waals surface area (Å²) >= 11 is 12.0. The van der Waals surface area contributed by atoms with Gasteiger partial charge in [0.2, 0.25) is 0 Å². The maximum atomic E-state index is 6.04. The molecule has 1 aromatic carbocycles. The molecule has 0 spiro atoms. The molecule has 0 aliphatic rings. The van der Waals surface area contributed by atoms with Crippen LogP contribution in [-0.4, -0.2) is 26.6 Å². The predicted octanol–water partition coefficient (Wildman–Crippen LogP) is 3.20. The summed E-state index contributed by atoms with van der Waals surface area (Å²) in [6, 6.07) is 7.30. The van der Waals surface area contributed by atoms with Crippen LogP contribution in [0.25, 0.3) is 5.78 Å². The second-order valence-electron chi connectivity index (χ2n) is 3.93. The molecule has 0 radical (unpaired) electrons. The minimum atomic E-state index is 0.509. The maximum absolute atomic E-state index is 6.04. The van der Waals surface area contributed by atoms with E-state index in [1.54, 1.807) is 22.8 Å². The van der Waals surface area contributed by atoms with E-state index in [0.29, 0.717) is 15.8 Å². The second kappa shape index (κ2) is 4.68. The number of rotatable bonds is 2. The zero-order valence-corrected chi connectivity index (χ0v) is 11.5. The molecule has 0 atom stereocenters. The van der Waals surface area contributed by atoms with E-state index in [2.05, 4.69) is 15.1 Å². The summed E-state index contributed by atoms with van der Waals surface area (Å²) in [6.07, 6.45) is 3.15. The molecular weight excluding hydrogens is 285 g/mol. The Labute approximate surface area is 119 Å². The highest BCUT2D eigenvalue weighted by atomic mass is 35.5. The minimum absolute atomic E-state index is 0.509. The highest BCUT2D eigenvalue weighted by Crippen LogP contribution is 2.29. The quantitative estimate of drug-likeness (QED) is 0.728. The molecule has 0 unspecified atom stereocenters. The molecule has 2 aromatic heterocycles. The molecule has 0 saturated heterocycles. The van der Waals surface area contributed by atoms with Gasteiger partial charge in [0.1, 0.15) is 12.1 Å². The number of hydrogen-bond acceptors (Lipinski definition) is 4. The molecule has 0 aliphatic carbocycles. The smallest absolute Gasteiger partial charge is 0.254 e. The van der Waals surface area contributed by atoms with E-state index in [1.807, 2.05) is 24.1 Å². The molecule has 0 aliphatic heterocycles. The summed E-state index contributed by atoms with van der Waals surface area (Å²) in [6.45, 7) is 0. The first kappa shape index (κ1) is 12.2. The zero-order chi connectivity index (χ0) is 13.4. The monoisotopic (exact) mass is 293 g/mol. The largest absolute Gasteiger partial charge is 0.329 e. The molecule has 3 rings (SSSR count). The lowest BCUT2D eigenvalue weighted by atomic mass is 10.3. The molecule has 3 aromatic rings. The van der Waals surface area contributed by atoms with Gasteiger partial charge in [0, 0.05) is 18.9 Å². The van der Waals surface area contributed by atoms with Crippen molar-refractivity contribution in [1.29, 1.82) is 0 Å². The SMILES string of the molecule is CN(c1ccc(Cl)c(Cl)c1)c1ccnc2ncnn12. The van der Waals surface area contributed by atoms with Crippen LogP contribution in [-0.2, 0) is 0 Å². The van der Waals surface area contributed by atoms with Crippen LogP contribution in [0.2, 0.25) is 10.0 Å². The Bertz CT molecular complexity index is 740. The van der Waals surface area contributed by atoms with Crippen LogP contribution in [0.5, 0.6) is 0 Å². The van der Waals surface area contributed by atoms with Crippen LogP contribution in [0.3, 0.4) is 0 Å². The third-order valence-corrected chi connectivity index (χ3v) is 3.53. The average Bonchev–Trinajstić information content (AvgIpc) is 2.89. The first-order chi connectivity index (χ1) is 9.16. The van der Waals surface area contributed by atoms with Crippen molar-refractivity contribution in [2.45, 2.75) is 0 Å². The third-order valence-electron chi connectivity index (χ3n) is 2.79. The Balaban J connectivity index is 2.10. The molecule has 0 N–H and O–H groups in total. The van der Waals surface area contributed by atoms with Gasteiger partial charge in [-0.15, -0.1) is 0 Å². The van der Waals surface area contributed by atoms with Crippen molar-refractivity contribution >= 4 is 40.5 Å². The van der Waals surface area contributed by atoms with E-state index in [0.717, 1.165) is 11.5 Å². The summed E-state index contributed by atoms with van der Waals surface area (Å²) < 4.78 is 1.66. The van der Waals surface area contributed by atoms with Crippen molar-refractivity contribution in [3.63, 3.8) is 0 Å². The fraction of sp³-hybridized carbons (Fsp3) is 0.0833. The normalized spacial score (nSPS) is 10.9. The summed E-state index contributed by atoms with van der Waals surface area (Å²) in [5.74, 6) is 1.38. The molecule has 96 valence electrons. The molecule has 7 heteroatoms. The van der Waals surface area contributed by atoms with Crippen LogP contribution < -0.4 is 4.90 Å². The van der Waals surface area contributed by atoms with Crippen LogP contribution >= 0.6 is 23.2 Å². The summed E-state index contributed by atoms with van der Waals surface area (Å²) in [7, 11) is 1.91. The number of anilines is 2. The Kier molecular flexibility index (Phi) is 3.00. The Morgan fingerprint density at radius 3 is 2.74 bits per heavy atom. The number of aromatic nitrogens is 4. The first-order valence-electron chi connectivity index (χ1n) is 5.50. The van der Waals surface area contributed by atoms with Gasteiger partial charge >= 0.3 is 0 Å². The number of fused-ring (bicyclic) bond motifs is 1. The Morgan fingerprint density at radius 1 is 1.11 bits per heavy atom. The van der Waals surface area contributed by atoms with Crippen LogP contribution in [0, 0.1) is 0 Å². The molecule has 19 heavy (non-hydrogen) atoms. The Morgan fingerprint density at radius 2 is 1.95 bits per heavy atom. The van der Waals surface area contributed by atoms with E-state index in [-0.39, 0.29) is 0 Å². The van der Waals surface area contributed by atoms with E-state index < -0.39 is 0 Å². The van der Waals surface area contributed by atoms with Crippen molar-refractivity contribution < 1.29 is 0 Å². The lowest BCUT2D eigenvalue weighted by Crippen LogP contribution is -2.14. The predicted molar refractivity (Wildman–Crippen MR) is 75.3 cm³/mol. The van der Waals surface area contributed by atoms with Gasteiger partial charge in [-0.1, -0.05) is 23.2 Å². The molecule has 0 saturated carbocycles. The fourth-order valence-corrected chi connectivity index (χ4v) is 2.10. The van der Waals surface area contributed by atoms with Gasteiger partial charge in [0.15, 0.2) is 0 Å². The average molecular weight is 294 g/mol. The summed E-state index contributed by atoms with van der Waals surface area (Å²) in [4.78, 5) is 10.1. The van der Waals surface area contributed by atoms with Crippen molar-refractivity contribution in [3.8, 4) is 0 Å². The standard InChI is InChI=1S/C12H9Cl2N5/c1-18(8-2-3-9(13)10(14)6-8)11-4-5-15-12-16-7-17-19(11)12/h2-7H,1H3. The number of nitrogens with zero attached hydrogens (tertiary/aromatic N) is 5. The van der Waals surface area contributed by atoms with Crippen molar-refractivity contribution in [3.05, 3.63) is 46.8 Å². The lowest BCUT2D eigenvalue weighted by molar-refractivity contribution is 0.912. The maximum Gasteiger partial charge on any atom is 0.254 e. The van der Waals surface area contributed by atoms with Gasteiger partial charge in [-0.05, 0) is 24.3 Å². The van der Waals surface area contributed by atoms with E-state index in [1.165, 1.54) is 6.33 Å². The first-order valence-corrected chi connectivity index (χ1v) is 6.26. The topological polar surface area (TPSA) is 46.3 Å². The van der Waals surface area contributed by atoms with E-state index in [4.69, 9.17) is 23.2 Å². The highest BCUT2D eigenvalue weighted by Gasteiger charge is 2.11. The molecule has 5 nitrogen and oxygen atoms in total. The van der Waals surface area contributed by atoms with Crippen LogP contribution in [0.15, 0.2) is 36.8 Å². The van der Waals surface area contributed by atoms with Crippen molar-refractivity contribution in [2.24, 2.45) is 0 Å². The van der Waals surface area contributed by atoms with Crippen LogP contribution in [0.1, 0.15) is 0 Å². The summed E-state index contributed by atoms with van der Waals surface area (Å²) in [5.41, 5.74) is 0.900. The second-order valence-corrected chi connectivity index (χ2v) is 4.75. The van der Waals surface area contributed by atoms with Gasteiger partial charge in [-0.3, -0.25) is 0 Å². The number of hydrogen-bond donors (Lipinski definition) is 0. The minimum Gasteiger partial charge on any atom is -0.329 e. The number of halogens is 2. The summed E-state index contributed by atoms with van der Waals surface area (Å²) in [5, 5.41) is 5.18. The molecule has 2 heterocycles.